The average Bonchev–Trinajstić information content (AvgIpc) is 2.44. The van der Waals surface area contributed by atoms with E-state index in [1.165, 1.54) is 6.92 Å². The zero-order valence-corrected chi connectivity index (χ0v) is 9.61. The number of allylic oxidation sites excluding steroid dienone is 3. The van der Waals surface area contributed by atoms with Crippen LogP contribution in [0.5, 0.6) is 0 Å². The summed E-state index contributed by atoms with van der Waals surface area (Å²) in [5.74, 6) is 0.708. The van der Waals surface area contributed by atoms with E-state index in [0.717, 1.165) is 11.3 Å². The highest BCUT2D eigenvalue weighted by Crippen LogP contribution is 2.22. The Morgan fingerprint density at radius 3 is 2.73 bits per heavy atom. The SMILES string of the molecule is C=C/C=C(/CC(C)=O)c1oc(=S)[nH]c1C. The Labute approximate surface area is 93.5 Å². The smallest absolute Gasteiger partial charge is 0.266 e. The molecule has 0 radical (unpaired) electrons. The Bertz CT molecular complexity index is 465. The number of Topliss-reactive ketones (excluding diaryl/α,β-unsaturated/α-hetero) is 1. The van der Waals surface area contributed by atoms with Crippen LogP contribution in [0.4, 0.5) is 0 Å². The average molecular weight is 223 g/mol. The van der Waals surface area contributed by atoms with E-state index in [4.69, 9.17) is 16.6 Å². The highest BCUT2D eigenvalue weighted by atomic mass is 32.1. The number of aromatic amines is 1. The molecular weight excluding hydrogens is 210 g/mol. The summed E-state index contributed by atoms with van der Waals surface area (Å²) in [5.41, 5.74) is 1.62. The molecular formula is C11H13NO2S. The van der Waals surface area contributed by atoms with Gasteiger partial charge in [0.1, 0.15) is 5.78 Å². The molecule has 1 N–H and O–H groups in total. The van der Waals surface area contributed by atoms with Crippen molar-refractivity contribution in [3.05, 3.63) is 35.0 Å². The number of hydrogen-bond donors (Lipinski definition) is 1. The summed E-state index contributed by atoms with van der Waals surface area (Å²) >= 11 is 4.88. The molecule has 0 atom stereocenters. The molecule has 0 unspecified atom stereocenters. The van der Waals surface area contributed by atoms with Crippen molar-refractivity contribution >= 4 is 23.6 Å². The summed E-state index contributed by atoms with van der Waals surface area (Å²) in [4.78, 5) is 14.3. The monoisotopic (exact) mass is 223 g/mol. The molecule has 0 bridgehead atoms. The molecule has 1 aromatic rings. The van der Waals surface area contributed by atoms with Gasteiger partial charge in [0.05, 0.1) is 5.69 Å². The molecule has 0 aromatic carbocycles. The second kappa shape index (κ2) is 4.89. The number of oxazole rings is 1. The Balaban J connectivity index is 3.15. The fourth-order valence-electron chi connectivity index (χ4n) is 1.34. The topological polar surface area (TPSA) is 46.0 Å². The number of H-pyrrole nitrogens is 1. The van der Waals surface area contributed by atoms with Crippen LogP contribution < -0.4 is 0 Å². The van der Waals surface area contributed by atoms with Crippen LogP contribution in [-0.4, -0.2) is 10.8 Å². The lowest BCUT2D eigenvalue weighted by Gasteiger charge is -2.01. The van der Waals surface area contributed by atoms with Crippen LogP contribution in [-0.2, 0) is 4.79 Å². The van der Waals surface area contributed by atoms with E-state index < -0.39 is 0 Å². The van der Waals surface area contributed by atoms with Crippen molar-refractivity contribution in [3.8, 4) is 0 Å². The van der Waals surface area contributed by atoms with Gasteiger partial charge in [-0.25, -0.2) is 0 Å². The van der Waals surface area contributed by atoms with Gasteiger partial charge in [-0.3, -0.25) is 4.79 Å². The van der Waals surface area contributed by atoms with E-state index in [0.29, 0.717) is 17.0 Å². The van der Waals surface area contributed by atoms with Gasteiger partial charge in [0.15, 0.2) is 5.76 Å². The fraction of sp³-hybridized carbons (Fsp3) is 0.273. The minimum Gasteiger partial charge on any atom is -0.430 e. The van der Waals surface area contributed by atoms with Crippen LogP contribution in [0, 0.1) is 11.8 Å². The quantitative estimate of drug-likeness (QED) is 0.629. The molecule has 0 aliphatic carbocycles. The van der Waals surface area contributed by atoms with Crippen LogP contribution in [0.1, 0.15) is 24.8 Å². The molecule has 0 spiro atoms. The normalized spacial score (nSPS) is 11.5. The molecule has 1 rings (SSSR count). The number of aromatic nitrogens is 1. The van der Waals surface area contributed by atoms with Crippen LogP contribution in [0.3, 0.4) is 0 Å². The first kappa shape index (κ1) is 11.7. The molecule has 0 aliphatic rings. The second-order valence-corrected chi connectivity index (χ2v) is 3.65. The number of carbonyl (C=O) groups is 1. The van der Waals surface area contributed by atoms with E-state index in [1.807, 2.05) is 6.92 Å². The van der Waals surface area contributed by atoms with Crippen molar-refractivity contribution in [2.24, 2.45) is 0 Å². The van der Waals surface area contributed by atoms with Crippen molar-refractivity contribution in [3.63, 3.8) is 0 Å². The Kier molecular flexibility index (Phi) is 3.80. The minimum absolute atomic E-state index is 0.0739. The van der Waals surface area contributed by atoms with Gasteiger partial charge >= 0.3 is 0 Å². The molecule has 0 saturated carbocycles. The van der Waals surface area contributed by atoms with E-state index in [2.05, 4.69) is 11.6 Å². The zero-order chi connectivity index (χ0) is 11.4. The first-order valence-corrected chi connectivity index (χ1v) is 4.96. The molecule has 0 amide bonds. The lowest BCUT2D eigenvalue weighted by atomic mass is 10.1. The van der Waals surface area contributed by atoms with E-state index in [9.17, 15) is 4.79 Å². The maximum absolute atomic E-state index is 11.1. The standard InChI is InChI=1S/C11H13NO2S/c1-4-5-9(6-7(2)13)10-8(3)12-11(15)14-10/h4-5H,1,6H2,2-3H3,(H,12,15)/b9-5-. The molecule has 0 fully saturated rings. The molecule has 80 valence electrons. The van der Waals surface area contributed by atoms with Gasteiger partial charge in [0.25, 0.3) is 4.84 Å². The van der Waals surface area contributed by atoms with Crippen molar-refractivity contribution < 1.29 is 9.21 Å². The highest BCUT2D eigenvalue weighted by Gasteiger charge is 2.11. The van der Waals surface area contributed by atoms with Crippen LogP contribution in [0.15, 0.2) is 23.1 Å². The predicted molar refractivity (Wildman–Crippen MR) is 62.1 cm³/mol. The van der Waals surface area contributed by atoms with Gasteiger partial charge in [-0.05, 0) is 26.1 Å². The van der Waals surface area contributed by atoms with Gasteiger partial charge in [-0.2, -0.15) is 0 Å². The number of nitrogens with one attached hydrogen (secondary N) is 1. The first-order valence-electron chi connectivity index (χ1n) is 4.55. The first-order chi connectivity index (χ1) is 7.04. The van der Waals surface area contributed by atoms with Crippen molar-refractivity contribution in [1.29, 1.82) is 0 Å². The molecule has 0 saturated heterocycles. The largest absolute Gasteiger partial charge is 0.430 e. The third-order valence-corrected chi connectivity index (χ3v) is 2.06. The molecule has 4 heteroatoms. The van der Waals surface area contributed by atoms with Crippen molar-refractivity contribution in [2.45, 2.75) is 20.3 Å². The summed E-state index contributed by atoms with van der Waals surface area (Å²) in [6.07, 6.45) is 3.71. The molecule has 1 heterocycles. The number of rotatable bonds is 4. The zero-order valence-electron chi connectivity index (χ0n) is 8.79. The predicted octanol–water partition coefficient (Wildman–Crippen LogP) is 3.19. The molecule has 15 heavy (non-hydrogen) atoms. The molecule has 3 nitrogen and oxygen atoms in total. The number of hydrogen-bond acceptors (Lipinski definition) is 3. The van der Waals surface area contributed by atoms with Crippen molar-refractivity contribution in [2.75, 3.05) is 0 Å². The number of ketones is 1. The highest BCUT2D eigenvalue weighted by molar-refractivity contribution is 7.71. The molecule has 0 aliphatic heterocycles. The summed E-state index contributed by atoms with van der Waals surface area (Å²) in [5, 5.41) is 0. The third-order valence-electron chi connectivity index (χ3n) is 1.87. The Morgan fingerprint density at radius 2 is 2.33 bits per heavy atom. The maximum atomic E-state index is 11.1. The third kappa shape index (κ3) is 3.02. The van der Waals surface area contributed by atoms with Gasteiger partial charge in [-0.15, -0.1) is 0 Å². The second-order valence-electron chi connectivity index (χ2n) is 3.28. The molecule has 1 aromatic heterocycles. The van der Waals surface area contributed by atoms with Gasteiger partial charge < -0.3 is 9.40 Å². The summed E-state index contributed by atoms with van der Waals surface area (Å²) in [7, 11) is 0. The number of aryl methyl sites for hydroxylation is 1. The van der Waals surface area contributed by atoms with E-state index in [1.54, 1.807) is 12.2 Å². The maximum Gasteiger partial charge on any atom is 0.266 e. The number of carbonyl (C=O) groups excluding carboxylic acids is 1. The minimum atomic E-state index is 0.0739. The van der Waals surface area contributed by atoms with E-state index in [-0.39, 0.29) is 5.78 Å². The van der Waals surface area contributed by atoms with Gasteiger partial charge in [0, 0.05) is 12.0 Å². The van der Waals surface area contributed by atoms with E-state index >= 15 is 0 Å². The summed E-state index contributed by atoms with van der Waals surface area (Å²) in [6.45, 7) is 6.99. The van der Waals surface area contributed by atoms with Gasteiger partial charge in [-0.1, -0.05) is 18.7 Å². The summed E-state index contributed by atoms with van der Waals surface area (Å²) < 4.78 is 5.32. The summed E-state index contributed by atoms with van der Waals surface area (Å²) in [6, 6.07) is 0. The Hall–Kier alpha value is -1.42. The van der Waals surface area contributed by atoms with Gasteiger partial charge in [0.2, 0.25) is 0 Å². The van der Waals surface area contributed by atoms with Crippen LogP contribution >= 0.6 is 12.2 Å². The van der Waals surface area contributed by atoms with Crippen molar-refractivity contribution in [1.82, 2.24) is 4.98 Å². The lowest BCUT2D eigenvalue weighted by Crippen LogP contribution is -1.94. The lowest BCUT2D eigenvalue weighted by molar-refractivity contribution is -0.116. The fourth-order valence-corrected chi connectivity index (χ4v) is 1.57. The van der Waals surface area contributed by atoms with Crippen LogP contribution in [0.25, 0.3) is 5.57 Å². The van der Waals surface area contributed by atoms with Crippen LogP contribution in [0.2, 0.25) is 0 Å². The Morgan fingerprint density at radius 1 is 1.67 bits per heavy atom.